The summed E-state index contributed by atoms with van der Waals surface area (Å²) in [4.78, 5) is 4.02. The summed E-state index contributed by atoms with van der Waals surface area (Å²) in [5.41, 5.74) is 9.40. The van der Waals surface area contributed by atoms with Crippen molar-refractivity contribution in [2.24, 2.45) is 11.1 Å². The summed E-state index contributed by atoms with van der Waals surface area (Å²) in [6.07, 6.45) is 5.64. The number of aliphatic hydroxyl groups excluding tert-OH is 1. The number of nitrogens with two attached hydrogens (primary N) is 1. The van der Waals surface area contributed by atoms with Crippen molar-refractivity contribution in [1.29, 1.82) is 0 Å². The Balaban J connectivity index is 1.94. The molecule has 0 saturated carbocycles. The summed E-state index contributed by atoms with van der Waals surface area (Å²) in [5, 5.41) is 10.8. The van der Waals surface area contributed by atoms with Gasteiger partial charge in [0.05, 0.1) is 6.10 Å². The van der Waals surface area contributed by atoms with E-state index in [0.717, 1.165) is 24.8 Å². The van der Waals surface area contributed by atoms with Crippen LogP contribution in [0, 0.1) is 5.41 Å². The lowest BCUT2D eigenvalue weighted by Crippen LogP contribution is -2.41. The van der Waals surface area contributed by atoms with Crippen LogP contribution < -0.4 is 5.73 Å². The second-order valence-corrected chi connectivity index (χ2v) is 5.70. The summed E-state index contributed by atoms with van der Waals surface area (Å²) in [7, 11) is 0. The maximum Gasteiger partial charge on any atom is 0.0862 e. The number of fused-ring (bicyclic) bond motifs is 1. The van der Waals surface area contributed by atoms with Crippen molar-refractivity contribution in [2.75, 3.05) is 6.54 Å². The van der Waals surface area contributed by atoms with Crippen LogP contribution in [0.5, 0.6) is 0 Å². The van der Waals surface area contributed by atoms with E-state index >= 15 is 0 Å². The molecule has 0 amide bonds. The fourth-order valence-corrected chi connectivity index (χ4v) is 3.24. The standard InChI is InChI=1S/C17H20N2O/c18-12-17(16(20)14-6-9-19-10-7-14)8-5-13-3-1-2-4-15(13)11-17/h1-4,6-7,9-10,16,20H,5,8,11-12,18H2. The molecule has 0 bridgehead atoms. The maximum atomic E-state index is 10.8. The molecule has 0 saturated heterocycles. The molecule has 1 aromatic carbocycles. The van der Waals surface area contributed by atoms with Gasteiger partial charge in [-0.3, -0.25) is 4.98 Å². The minimum Gasteiger partial charge on any atom is -0.388 e. The molecule has 1 heterocycles. The predicted octanol–water partition coefficient (Wildman–Crippen LogP) is 2.25. The zero-order valence-electron chi connectivity index (χ0n) is 11.5. The normalized spacial score (nSPS) is 23.1. The Morgan fingerprint density at radius 3 is 2.55 bits per heavy atom. The zero-order chi connectivity index (χ0) is 14.0. The Kier molecular flexibility index (Phi) is 3.55. The lowest BCUT2D eigenvalue weighted by molar-refractivity contribution is 0.0177. The molecule has 0 radical (unpaired) electrons. The van der Waals surface area contributed by atoms with Gasteiger partial charge < -0.3 is 10.8 Å². The average molecular weight is 268 g/mol. The third kappa shape index (κ3) is 2.23. The fraction of sp³-hybridized carbons (Fsp3) is 0.353. The van der Waals surface area contributed by atoms with Crippen LogP contribution in [-0.2, 0) is 12.8 Å². The second-order valence-electron chi connectivity index (χ2n) is 5.70. The van der Waals surface area contributed by atoms with Crippen molar-refractivity contribution in [3.05, 3.63) is 65.5 Å². The van der Waals surface area contributed by atoms with Gasteiger partial charge in [0.2, 0.25) is 0 Å². The first-order chi connectivity index (χ1) is 9.75. The average Bonchev–Trinajstić information content (AvgIpc) is 2.54. The van der Waals surface area contributed by atoms with Gasteiger partial charge in [0, 0.05) is 24.4 Å². The third-order valence-corrected chi connectivity index (χ3v) is 4.56. The van der Waals surface area contributed by atoms with Crippen molar-refractivity contribution in [2.45, 2.75) is 25.4 Å². The van der Waals surface area contributed by atoms with Crippen LogP contribution in [0.15, 0.2) is 48.8 Å². The quantitative estimate of drug-likeness (QED) is 0.897. The van der Waals surface area contributed by atoms with Gasteiger partial charge in [-0.05, 0) is 48.1 Å². The molecule has 1 aromatic heterocycles. The molecule has 1 aliphatic carbocycles. The van der Waals surface area contributed by atoms with Crippen LogP contribution in [0.4, 0.5) is 0 Å². The smallest absolute Gasteiger partial charge is 0.0862 e. The van der Waals surface area contributed by atoms with Crippen molar-refractivity contribution >= 4 is 0 Å². The van der Waals surface area contributed by atoms with E-state index < -0.39 is 6.10 Å². The van der Waals surface area contributed by atoms with Crippen molar-refractivity contribution < 1.29 is 5.11 Å². The lowest BCUT2D eigenvalue weighted by atomic mass is 9.67. The Labute approximate surface area is 119 Å². The molecule has 3 N–H and O–H groups in total. The van der Waals surface area contributed by atoms with E-state index in [-0.39, 0.29) is 5.41 Å². The highest BCUT2D eigenvalue weighted by Gasteiger charge is 2.40. The van der Waals surface area contributed by atoms with E-state index in [9.17, 15) is 5.11 Å². The molecule has 2 atom stereocenters. The first kappa shape index (κ1) is 13.3. The number of pyridine rings is 1. The largest absolute Gasteiger partial charge is 0.388 e. The molecule has 20 heavy (non-hydrogen) atoms. The summed E-state index contributed by atoms with van der Waals surface area (Å²) in [5.74, 6) is 0. The molecule has 2 unspecified atom stereocenters. The highest BCUT2D eigenvalue weighted by Crippen LogP contribution is 2.44. The van der Waals surface area contributed by atoms with Gasteiger partial charge in [-0.2, -0.15) is 0 Å². The van der Waals surface area contributed by atoms with Crippen LogP contribution in [0.2, 0.25) is 0 Å². The van der Waals surface area contributed by atoms with Gasteiger partial charge in [0.1, 0.15) is 0 Å². The molecular weight excluding hydrogens is 248 g/mol. The van der Waals surface area contributed by atoms with Gasteiger partial charge in [0.25, 0.3) is 0 Å². The van der Waals surface area contributed by atoms with E-state index in [4.69, 9.17) is 5.73 Å². The first-order valence-corrected chi connectivity index (χ1v) is 7.10. The zero-order valence-corrected chi connectivity index (χ0v) is 11.5. The van der Waals surface area contributed by atoms with Crippen molar-refractivity contribution in [3.63, 3.8) is 0 Å². The second kappa shape index (κ2) is 5.35. The molecule has 0 aliphatic heterocycles. The van der Waals surface area contributed by atoms with Crippen LogP contribution in [0.3, 0.4) is 0 Å². The van der Waals surface area contributed by atoms with Gasteiger partial charge in [-0.25, -0.2) is 0 Å². The topological polar surface area (TPSA) is 59.1 Å². The molecular formula is C17H20N2O. The molecule has 3 nitrogen and oxygen atoms in total. The Morgan fingerprint density at radius 2 is 1.85 bits per heavy atom. The van der Waals surface area contributed by atoms with Crippen LogP contribution in [0.1, 0.15) is 29.2 Å². The molecule has 3 rings (SSSR count). The highest BCUT2D eigenvalue weighted by molar-refractivity contribution is 5.32. The molecule has 1 aliphatic rings. The fourth-order valence-electron chi connectivity index (χ4n) is 3.24. The minimum atomic E-state index is -0.538. The number of rotatable bonds is 3. The Hall–Kier alpha value is -1.71. The van der Waals surface area contributed by atoms with E-state index in [0.29, 0.717) is 6.54 Å². The van der Waals surface area contributed by atoms with E-state index in [1.54, 1.807) is 12.4 Å². The van der Waals surface area contributed by atoms with Crippen LogP contribution >= 0.6 is 0 Å². The van der Waals surface area contributed by atoms with Gasteiger partial charge in [0.15, 0.2) is 0 Å². The SMILES string of the molecule is NCC1(C(O)c2ccncc2)CCc2ccccc2C1. The molecule has 0 spiro atoms. The Bertz CT molecular complexity index is 585. The van der Waals surface area contributed by atoms with E-state index in [1.165, 1.54) is 11.1 Å². The molecule has 3 heteroatoms. The minimum absolute atomic E-state index is 0.268. The van der Waals surface area contributed by atoms with Gasteiger partial charge in [-0.15, -0.1) is 0 Å². The van der Waals surface area contributed by atoms with Crippen LogP contribution in [-0.4, -0.2) is 16.6 Å². The molecule has 104 valence electrons. The summed E-state index contributed by atoms with van der Waals surface area (Å²) < 4.78 is 0. The third-order valence-electron chi connectivity index (χ3n) is 4.56. The monoisotopic (exact) mass is 268 g/mol. The first-order valence-electron chi connectivity index (χ1n) is 7.10. The van der Waals surface area contributed by atoms with E-state index in [1.807, 2.05) is 12.1 Å². The molecule has 2 aromatic rings. The number of aromatic nitrogens is 1. The molecule has 0 fully saturated rings. The van der Waals surface area contributed by atoms with Crippen molar-refractivity contribution in [3.8, 4) is 0 Å². The van der Waals surface area contributed by atoms with Gasteiger partial charge >= 0.3 is 0 Å². The number of hydrogen-bond donors (Lipinski definition) is 2. The highest BCUT2D eigenvalue weighted by atomic mass is 16.3. The summed E-state index contributed by atoms with van der Waals surface area (Å²) >= 11 is 0. The maximum absolute atomic E-state index is 10.8. The van der Waals surface area contributed by atoms with Crippen molar-refractivity contribution in [1.82, 2.24) is 4.98 Å². The predicted molar refractivity (Wildman–Crippen MR) is 79.2 cm³/mol. The van der Waals surface area contributed by atoms with E-state index in [2.05, 4.69) is 29.2 Å². The van der Waals surface area contributed by atoms with Gasteiger partial charge in [-0.1, -0.05) is 24.3 Å². The van der Waals surface area contributed by atoms with Crippen LogP contribution in [0.25, 0.3) is 0 Å². The summed E-state index contributed by atoms with van der Waals surface area (Å²) in [6, 6.07) is 12.2. The number of aryl methyl sites for hydroxylation is 1. The number of benzene rings is 1. The number of nitrogens with zero attached hydrogens (tertiary/aromatic N) is 1. The summed E-state index contributed by atoms with van der Waals surface area (Å²) in [6.45, 7) is 0.491. The lowest BCUT2D eigenvalue weighted by Gasteiger charge is -2.41. The number of hydrogen-bond acceptors (Lipinski definition) is 3. The Morgan fingerprint density at radius 1 is 1.15 bits per heavy atom. The number of aliphatic hydroxyl groups is 1.